The zero-order valence-electron chi connectivity index (χ0n) is 28.8. The van der Waals surface area contributed by atoms with Crippen LogP contribution in [0.25, 0.3) is 11.0 Å². The summed E-state index contributed by atoms with van der Waals surface area (Å²) in [6, 6.07) is 14.3. The summed E-state index contributed by atoms with van der Waals surface area (Å²) in [5.74, 6) is -0.958. The lowest BCUT2D eigenvalue weighted by molar-refractivity contribution is -0.0562. The molecule has 12 heteroatoms. The van der Waals surface area contributed by atoms with E-state index >= 15 is 0 Å². The SMILES string of the molecule is CSc1nc(Cl)c2c(CCO[Si](C)(C)C(C)(C)C)cn([C@H]3C[C@H](OC(=O)c4ccc(C)cc4)[C@@H](COC(=O)c4ccc(C)cc4)O3)c2n1. The maximum atomic E-state index is 13.3. The van der Waals surface area contributed by atoms with Crippen molar-refractivity contribution in [3.05, 3.63) is 87.7 Å². The van der Waals surface area contributed by atoms with Crippen molar-refractivity contribution in [1.82, 2.24) is 14.5 Å². The van der Waals surface area contributed by atoms with Crippen molar-refractivity contribution < 1.29 is 28.2 Å². The minimum absolute atomic E-state index is 0.0790. The number of ether oxygens (including phenoxy) is 3. The second-order valence-electron chi connectivity index (χ2n) is 13.8. The van der Waals surface area contributed by atoms with Gasteiger partial charge in [0.1, 0.15) is 35.8 Å². The molecule has 0 unspecified atom stereocenters. The minimum Gasteiger partial charge on any atom is -0.459 e. The van der Waals surface area contributed by atoms with Gasteiger partial charge in [-0.25, -0.2) is 19.6 Å². The molecule has 0 radical (unpaired) electrons. The number of nitrogens with zero attached hydrogens (tertiary/aromatic N) is 3. The summed E-state index contributed by atoms with van der Waals surface area (Å²) in [4.78, 5) is 35.5. The summed E-state index contributed by atoms with van der Waals surface area (Å²) < 4.78 is 26.7. The Hall–Kier alpha value is -3.22. The number of carbonyl (C=O) groups excluding carboxylic acids is 2. The van der Waals surface area contributed by atoms with Gasteiger partial charge in [0.05, 0.1) is 16.5 Å². The van der Waals surface area contributed by atoms with Gasteiger partial charge in [-0.3, -0.25) is 0 Å². The molecular weight excluding hydrogens is 666 g/mol. The van der Waals surface area contributed by atoms with E-state index in [4.69, 9.17) is 35.2 Å². The first-order chi connectivity index (χ1) is 22.7. The number of fused-ring (bicyclic) bond motifs is 1. The highest BCUT2D eigenvalue weighted by molar-refractivity contribution is 7.98. The standard InChI is InChI=1S/C36H44ClN3O6SSi/c1-22-9-13-24(14-10-22)33(41)43-21-28-27(46-34(42)25-15-11-23(2)12-16-25)19-29(45-28)40-20-26(17-18-44-48(7,8)36(3,4)5)30-31(37)38-35(47-6)39-32(30)40/h9-16,20,27-29H,17-19,21H2,1-8H3/t27-,28+,29+/m0/s1. The van der Waals surface area contributed by atoms with Crippen molar-refractivity contribution in [2.75, 3.05) is 19.5 Å². The number of rotatable bonds is 11. The Bertz CT molecular complexity index is 1770. The number of benzene rings is 2. The molecule has 4 aromatic rings. The van der Waals surface area contributed by atoms with E-state index in [1.807, 2.05) is 55.1 Å². The lowest BCUT2D eigenvalue weighted by Crippen LogP contribution is -2.41. The third kappa shape index (κ3) is 8.14. The van der Waals surface area contributed by atoms with Crippen LogP contribution in [0.1, 0.15) is 70.8 Å². The molecule has 48 heavy (non-hydrogen) atoms. The molecule has 1 aliphatic heterocycles. The first-order valence-electron chi connectivity index (χ1n) is 16.1. The van der Waals surface area contributed by atoms with Crippen LogP contribution in [0.2, 0.25) is 23.3 Å². The van der Waals surface area contributed by atoms with Crippen LogP contribution in [0.4, 0.5) is 0 Å². The van der Waals surface area contributed by atoms with Gasteiger partial charge in [-0.1, -0.05) is 79.5 Å². The van der Waals surface area contributed by atoms with Gasteiger partial charge in [0.15, 0.2) is 13.5 Å². The molecule has 0 bridgehead atoms. The summed E-state index contributed by atoms with van der Waals surface area (Å²) in [7, 11) is -1.97. The van der Waals surface area contributed by atoms with Crippen LogP contribution in [-0.2, 0) is 25.1 Å². The minimum atomic E-state index is -1.97. The molecule has 1 aliphatic rings. The molecule has 0 amide bonds. The number of esters is 2. The molecule has 256 valence electrons. The molecule has 1 fully saturated rings. The molecule has 0 N–H and O–H groups in total. The van der Waals surface area contributed by atoms with Crippen LogP contribution in [-0.4, -0.2) is 66.5 Å². The fourth-order valence-corrected chi connectivity index (χ4v) is 7.01. The number of hydrogen-bond donors (Lipinski definition) is 0. The summed E-state index contributed by atoms with van der Waals surface area (Å²) in [6.45, 7) is 15.4. The number of carbonyl (C=O) groups is 2. The fraction of sp³-hybridized carbons (Fsp3) is 0.444. The summed E-state index contributed by atoms with van der Waals surface area (Å²) in [5.41, 5.74) is 4.49. The van der Waals surface area contributed by atoms with Crippen molar-refractivity contribution >= 4 is 54.7 Å². The highest BCUT2D eigenvalue weighted by atomic mass is 35.5. The fourth-order valence-electron chi connectivity index (χ4n) is 5.26. The average Bonchev–Trinajstić information content (AvgIpc) is 3.60. The van der Waals surface area contributed by atoms with Crippen LogP contribution >= 0.6 is 23.4 Å². The first-order valence-corrected chi connectivity index (χ1v) is 20.6. The predicted molar refractivity (Wildman–Crippen MR) is 192 cm³/mol. The Kier molecular flexibility index (Phi) is 11.1. The number of thioether (sulfide) groups is 1. The maximum absolute atomic E-state index is 13.3. The van der Waals surface area contributed by atoms with Gasteiger partial charge >= 0.3 is 11.9 Å². The number of aromatic nitrogens is 3. The van der Waals surface area contributed by atoms with Crippen molar-refractivity contribution in [3.63, 3.8) is 0 Å². The van der Waals surface area contributed by atoms with Crippen molar-refractivity contribution in [2.45, 2.75) is 89.2 Å². The van der Waals surface area contributed by atoms with Crippen molar-refractivity contribution in [1.29, 1.82) is 0 Å². The van der Waals surface area contributed by atoms with Gasteiger partial charge in [0.25, 0.3) is 0 Å². The van der Waals surface area contributed by atoms with E-state index in [2.05, 4.69) is 38.8 Å². The molecular formula is C36H44ClN3O6SSi. The number of aryl methyl sites for hydroxylation is 2. The molecule has 1 saturated heterocycles. The Balaban J connectivity index is 1.43. The average molecular weight is 710 g/mol. The monoisotopic (exact) mass is 709 g/mol. The normalized spacial score (nSPS) is 18.3. The summed E-state index contributed by atoms with van der Waals surface area (Å²) >= 11 is 8.18. The van der Waals surface area contributed by atoms with Crippen LogP contribution in [0, 0.1) is 13.8 Å². The highest BCUT2D eigenvalue weighted by Gasteiger charge is 2.41. The summed E-state index contributed by atoms with van der Waals surface area (Å²) in [5, 5.41) is 1.70. The molecule has 2 aromatic heterocycles. The quantitative estimate of drug-likeness (QED) is 0.0500. The molecule has 2 aromatic carbocycles. The maximum Gasteiger partial charge on any atom is 0.338 e. The Morgan fingerprint density at radius 2 is 1.60 bits per heavy atom. The van der Waals surface area contributed by atoms with E-state index in [1.54, 1.807) is 24.3 Å². The predicted octanol–water partition coefficient (Wildman–Crippen LogP) is 8.36. The summed E-state index contributed by atoms with van der Waals surface area (Å²) in [6.07, 6.45) is 2.78. The Morgan fingerprint density at radius 3 is 2.19 bits per heavy atom. The number of hydrogen-bond acceptors (Lipinski definition) is 9. The number of halogens is 1. The van der Waals surface area contributed by atoms with Crippen molar-refractivity contribution in [3.8, 4) is 0 Å². The molecule has 0 saturated carbocycles. The second-order valence-corrected chi connectivity index (χ2v) is 19.7. The van der Waals surface area contributed by atoms with Crippen molar-refractivity contribution in [2.24, 2.45) is 0 Å². The highest BCUT2D eigenvalue weighted by Crippen LogP contribution is 2.39. The smallest absolute Gasteiger partial charge is 0.338 e. The molecule has 3 heterocycles. The van der Waals surface area contributed by atoms with Crippen LogP contribution < -0.4 is 0 Å². The second kappa shape index (κ2) is 14.7. The van der Waals surface area contributed by atoms with Gasteiger partial charge < -0.3 is 23.2 Å². The van der Waals surface area contributed by atoms with E-state index in [9.17, 15) is 9.59 Å². The van der Waals surface area contributed by atoms with E-state index < -0.39 is 38.7 Å². The molecule has 9 nitrogen and oxygen atoms in total. The van der Waals surface area contributed by atoms with E-state index in [-0.39, 0.29) is 11.6 Å². The third-order valence-corrected chi connectivity index (χ3v) is 14.6. The Morgan fingerprint density at radius 1 is 1.00 bits per heavy atom. The van der Waals surface area contributed by atoms with Crippen LogP contribution in [0.5, 0.6) is 0 Å². The van der Waals surface area contributed by atoms with Crippen LogP contribution in [0.3, 0.4) is 0 Å². The van der Waals surface area contributed by atoms with E-state index in [0.29, 0.717) is 46.5 Å². The zero-order valence-corrected chi connectivity index (χ0v) is 31.4. The zero-order chi connectivity index (χ0) is 34.8. The van der Waals surface area contributed by atoms with E-state index in [1.165, 1.54) is 11.8 Å². The molecule has 0 spiro atoms. The molecule has 5 rings (SSSR count). The Labute approximate surface area is 292 Å². The topological polar surface area (TPSA) is 102 Å². The van der Waals surface area contributed by atoms with E-state index in [0.717, 1.165) is 22.1 Å². The van der Waals surface area contributed by atoms with Crippen LogP contribution in [0.15, 0.2) is 59.9 Å². The van der Waals surface area contributed by atoms with Gasteiger partial charge in [0, 0.05) is 19.2 Å². The third-order valence-electron chi connectivity index (χ3n) is 9.21. The largest absolute Gasteiger partial charge is 0.459 e. The molecule has 0 aliphatic carbocycles. The lowest BCUT2D eigenvalue weighted by Gasteiger charge is -2.36. The van der Waals surface area contributed by atoms with Gasteiger partial charge in [-0.2, -0.15) is 0 Å². The van der Waals surface area contributed by atoms with Gasteiger partial charge in [-0.05, 0) is 74.5 Å². The lowest BCUT2D eigenvalue weighted by atomic mass is 10.1. The molecule has 3 atom stereocenters. The van der Waals surface area contributed by atoms with Gasteiger partial charge in [0.2, 0.25) is 0 Å². The first kappa shape index (κ1) is 36.1. The van der Waals surface area contributed by atoms with Gasteiger partial charge in [-0.15, -0.1) is 0 Å².